The monoisotopic (exact) mass is 475 g/mol. The van der Waals surface area contributed by atoms with Crippen LogP contribution < -0.4 is 16.0 Å². The first-order chi connectivity index (χ1) is 17.1. The Morgan fingerprint density at radius 2 is 1.77 bits per heavy atom. The Kier molecular flexibility index (Phi) is 6.85. The van der Waals surface area contributed by atoms with Crippen molar-refractivity contribution in [3.63, 3.8) is 0 Å². The topological polar surface area (TPSA) is 123 Å². The molecule has 1 amide bonds. The molecule has 0 bridgehead atoms. The number of amides is 1. The van der Waals surface area contributed by atoms with Crippen molar-refractivity contribution in [2.75, 3.05) is 36.4 Å². The lowest BCUT2D eigenvalue weighted by molar-refractivity contribution is 0.100. The molecule has 184 valence electrons. The number of pyridine rings is 1. The highest BCUT2D eigenvalue weighted by molar-refractivity contribution is 5.98. The van der Waals surface area contributed by atoms with Crippen molar-refractivity contribution < 1.29 is 9.90 Å². The van der Waals surface area contributed by atoms with Crippen LogP contribution in [0.1, 0.15) is 52.9 Å². The van der Waals surface area contributed by atoms with Crippen LogP contribution in [0.4, 0.5) is 11.6 Å². The van der Waals surface area contributed by atoms with Gasteiger partial charge >= 0.3 is 0 Å². The van der Waals surface area contributed by atoms with Crippen molar-refractivity contribution in [3.05, 3.63) is 65.0 Å². The van der Waals surface area contributed by atoms with Gasteiger partial charge in [0.2, 0.25) is 0 Å². The zero-order valence-corrected chi connectivity index (χ0v) is 19.9. The minimum atomic E-state index is -0.535. The zero-order chi connectivity index (χ0) is 24.2. The minimum absolute atomic E-state index is 0.208. The largest absolute Gasteiger partial charge is 0.508 e. The predicted molar refractivity (Wildman–Crippen MR) is 136 cm³/mol. The molecule has 2 aromatic heterocycles. The summed E-state index contributed by atoms with van der Waals surface area (Å²) in [6.07, 6.45) is 7.42. The molecule has 0 radical (unpaired) electrons. The number of carbonyl (C=O) groups is 1. The Hall–Kier alpha value is -3.59. The molecule has 5 rings (SSSR count). The van der Waals surface area contributed by atoms with Gasteiger partial charge in [-0.1, -0.05) is 18.2 Å². The van der Waals surface area contributed by atoms with Gasteiger partial charge in [-0.05, 0) is 68.1 Å². The molecule has 4 heterocycles. The van der Waals surface area contributed by atoms with E-state index in [1.54, 1.807) is 12.1 Å². The number of aromatic hydroxyl groups is 1. The quantitative estimate of drug-likeness (QED) is 0.395. The summed E-state index contributed by atoms with van der Waals surface area (Å²) in [5, 5.41) is 19.8. The van der Waals surface area contributed by atoms with Gasteiger partial charge in [0.1, 0.15) is 17.1 Å². The predicted octanol–water partition coefficient (Wildman–Crippen LogP) is 2.88. The van der Waals surface area contributed by atoms with Gasteiger partial charge in [-0.2, -0.15) is 5.10 Å². The third-order valence-electron chi connectivity index (χ3n) is 7.12. The second-order valence-electron chi connectivity index (χ2n) is 9.47. The van der Waals surface area contributed by atoms with Gasteiger partial charge in [0, 0.05) is 38.3 Å². The molecule has 1 aromatic carbocycles. The number of aromatic nitrogens is 3. The number of phenolic OH excluding ortho intramolecular Hbond substituents is 1. The number of hydrogen-bond donors (Lipinski definition) is 4. The average molecular weight is 476 g/mol. The standard InChI is InChI=1S/C26H33N7O2/c27-25(35)24-22(30-31-26(24)29-16-18-3-6-21(34)7-4-18)15-19-5-8-23(28-17-19)33-13-9-20(10-14-33)32-11-1-2-12-32/h3-8,17,20,34H,1-2,9-16H2,(H2,27,35)(H2,29,30,31). The fraction of sp³-hybridized carbons (Fsp3) is 0.423. The number of likely N-dealkylation sites (tertiary alicyclic amines) is 1. The number of hydrogen-bond acceptors (Lipinski definition) is 7. The van der Waals surface area contributed by atoms with E-state index in [0.717, 1.165) is 36.1 Å². The van der Waals surface area contributed by atoms with E-state index in [1.165, 1.54) is 38.8 Å². The van der Waals surface area contributed by atoms with E-state index in [1.807, 2.05) is 18.3 Å². The van der Waals surface area contributed by atoms with E-state index < -0.39 is 5.91 Å². The van der Waals surface area contributed by atoms with E-state index in [9.17, 15) is 9.90 Å². The summed E-state index contributed by atoms with van der Waals surface area (Å²) in [6.45, 7) is 5.04. The number of nitrogens with one attached hydrogen (secondary N) is 2. The van der Waals surface area contributed by atoms with Crippen molar-refractivity contribution in [3.8, 4) is 5.75 Å². The first-order valence-corrected chi connectivity index (χ1v) is 12.4. The number of H-pyrrole nitrogens is 1. The molecule has 2 fully saturated rings. The zero-order valence-electron chi connectivity index (χ0n) is 19.9. The molecule has 0 spiro atoms. The fourth-order valence-corrected chi connectivity index (χ4v) is 5.18. The lowest BCUT2D eigenvalue weighted by Gasteiger charge is -2.37. The number of rotatable bonds is 8. The molecule has 0 saturated carbocycles. The van der Waals surface area contributed by atoms with Crippen molar-refractivity contribution in [2.24, 2.45) is 5.73 Å². The van der Waals surface area contributed by atoms with Crippen molar-refractivity contribution in [1.82, 2.24) is 20.1 Å². The van der Waals surface area contributed by atoms with Gasteiger partial charge in [0.25, 0.3) is 5.91 Å². The SMILES string of the molecule is NC(=O)c1c(NCc2ccc(O)cc2)n[nH]c1Cc1ccc(N2CCC(N3CCCC3)CC2)nc1. The number of aromatic amines is 1. The van der Waals surface area contributed by atoms with E-state index in [0.29, 0.717) is 30.0 Å². The third kappa shape index (κ3) is 5.40. The van der Waals surface area contributed by atoms with Gasteiger partial charge in [-0.3, -0.25) is 9.89 Å². The van der Waals surface area contributed by atoms with Crippen LogP contribution in [0, 0.1) is 0 Å². The van der Waals surface area contributed by atoms with Crippen LogP contribution in [0.2, 0.25) is 0 Å². The Morgan fingerprint density at radius 1 is 1.06 bits per heavy atom. The van der Waals surface area contributed by atoms with Gasteiger partial charge < -0.3 is 26.0 Å². The highest BCUT2D eigenvalue weighted by Crippen LogP contribution is 2.25. The second kappa shape index (κ2) is 10.4. The highest BCUT2D eigenvalue weighted by atomic mass is 16.3. The molecule has 9 heteroatoms. The Labute approximate surface area is 205 Å². The lowest BCUT2D eigenvalue weighted by atomic mass is 10.0. The average Bonchev–Trinajstić information content (AvgIpc) is 3.55. The fourth-order valence-electron chi connectivity index (χ4n) is 5.18. The molecule has 3 aromatic rings. The number of nitrogens with zero attached hydrogens (tertiary/aromatic N) is 4. The summed E-state index contributed by atoms with van der Waals surface area (Å²) in [6, 6.07) is 11.7. The summed E-state index contributed by atoms with van der Waals surface area (Å²) in [7, 11) is 0. The first-order valence-electron chi connectivity index (χ1n) is 12.4. The first kappa shape index (κ1) is 23.2. The van der Waals surface area contributed by atoms with Crippen molar-refractivity contribution in [1.29, 1.82) is 0 Å². The summed E-state index contributed by atoms with van der Waals surface area (Å²) >= 11 is 0. The number of anilines is 2. The number of nitrogens with two attached hydrogens (primary N) is 1. The summed E-state index contributed by atoms with van der Waals surface area (Å²) in [5.41, 5.74) is 8.63. The van der Waals surface area contributed by atoms with Crippen LogP contribution in [0.25, 0.3) is 0 Å². The van der Waals surface area contributed by atoms with Crippen molar-refractivity contribution in [2.45, 2.75) is 44.7 Å². The molecule has 2 aliphatic rings. The van der Waals surface area contributed by atoms with Gasteiger partial charge in [0.05, 0.1) is 5.69 Å². The Bertz CT molecular complexity index is 1130. The highest BCUT2D eigenvalue weighted by Gasteiger charge is 2.27. The minimum Gasteiger partial charge on any atom is -0.508 e. The van der Waals surface area contributed by atoms with Crippen LogP contribution in [-0.2, 0) is 13.0 Å². The van der Waals surface area contributed by atoms with Crippen LogP contribution in [0.5, 0.6) is 5.75 Å². The Morgan fingerprint density at radius 3 is 2.43 bits per heavy atom. The molecule has 35 heavy (non-hydrogen) atoms. The molecule has 9 nitrogen and oxygen atoms in total. The third-order valence-corrected chi connectivity index (χ3v) is 7.12. The van der Waals surface area contributed by atoms with Crippen LogP contribution in [0.3, 0.4) is 0 Å². The number of primary amides is 1. The maximum Gasteiger partial charge on any atom is 0.254 e. The smallest absolute Gasteiger partial charge is 0.254 e. The summed E-state index contributed by atoms with van der Waals surface area (Å²) in [4.78, 5) is 21.9. The van der Waals surface area contributed by atoms with Crippen LogP contribution >= 0.6 is 0 Å². The maximum atomic E-state index is 12.2. The Balaban J connectivity index is 1.20. The van der Waals surface area contributed by atoms with Gasteiger partial charge in [-0.15, -0.1) is 0 Å². The number of benzene rings is 1. The molecule has 2 aliphatic heterocycles. The molecule has 0 atom stereocenters. The molecule has 2 saturated heterocycles. The van der Waals surface area contributed by atoms with E-state index in [4.69, 9.17) is 10.7 Å². The van der Waals surface area contributed by atoms with Crippen LogP contribution in [-0.4, -0.2) is 63.3 Å². The van der Waals surface area contributed by atoms with E-state index >= 15 is 0 Å². The normalized spacial score (nSPS) is 17.1. The summed E-state index contributed by atoms with van der Waals surface area (Å²) in [5.74, 6) is 1.10. The van der Waals surface area contributed by atoms with Gasteiger partial charge in [0.15, 0.2) is 5.82 Å². The maximum absolute atomic E-state index is 12.2. The number of carbonyl (C=O) groups excluding carboxylic acids is 1. The molecular weight excluding hydrogens is 442 g/mol. The molecule has 0 unspecified atom stereocenters. The van der Waals surface area contributed by atoms with Crippen molar-refractivity contribution >= 4 is 17.5 Å². The molecule has 5 N–H and O–H groups in total. The number of phenols is 1. The summed E-state index contributed by atoms with van der Waals surface area (Å²) < 4.78 is 0. The van der Waals surface area contributed by atoms with E-state index in [2.05, 4.69) is 37.4 Å². The van der Waals surface area contributed by atoms with Crippen LogP contribution in [0.15, 0.2) is 42.6 Å². The second-order valence-corrected chi connectivity index (χ2v) is 9.47. The molecular formula is C26H33N7O2. The number of piperidine rings is 1. The lowest BCUT2D eigenvalue weighted by Crippen LogP contribution is -2.44. The van der Waals surface area contributed by atoms with Gasteiger partial charge in [-0.25, -0.2) is 4.98 Å². The van der Waals surface area contributed by atoms with E-state index in [-0.39, 0.29) is 5.75 Å². The molecule has 0 aliphatic carbocycles.